The van der Waals surface area contributed by atoms with E-state index >= 15 is 0 Å². The highest BCUT2D eigenvalue weighted by Crippen LogP contribution is 2.37. The molecular formula is C25H51N7O11. The number of nitrogens with two attached hydrogens (primary N) is 5. The molecule has 0 bridgehead atoms. The third-order valence-corrected chi connectivity index (χ3v) is 8.29. The molecular weight excluding hydrogens is 574 g/mol. The van der Waals surface area contributed by atoms with Gasteiger partial charge in [0.25, 0.3) is 0 Å². The molecule has 14 atom stereocenters. The number of ether oxygens (including phenoxy) is 4. The molecule has 43 heavy (non-hydrogen) atoms. The van der Waals surface area contributed by atoms with Gasteiger partial charge in [0.05, 0.1) is 37.4 Å². The fraction of sp³-hybridized carbons (Fsp3) is 0.960. The predicted octanol–water partition coefficient (Wildman–Crippen LogP) is -7.45. The van der Waals surface area contributed by atoms with Crippen LogP contribution in [0.1, 0.15) is 25.7 Å². The molecule has 18 heteroatoms. The second kappa shape index (κ2) is 16.4. The summed E-state index contributed by atoms with van der Waals surface area (Å²) in [5, 5.41) is 68.5. The van der Waals surface area contributed by atoms with Gasteiger partial charge in [0.2, 0.25) is 5.91 Å². The minimum Gasteiger partial charge on any atom is -0.395 e. The number of rotatable bonds is 14. The van der Waals surface area contributed by atoms with Gasteiger partial charge in [-0.1, -0.05) is 0 Å². The van der Waals surface area contributed by atoms with Crippen molar-refractivity contribution in [3.8, 4) is 0 Å². The van der Waals surface area contributed by atoms with Gasteiger partial charge in [-0.3, -0.25) is 4.79 Å². The van der Waals surface area contributed by atoms with Crippen molar-refractivity contribution < 1.29 is 54.4 Å². The summed E-state index contributed by atoms with van der Waals surface area (Å²) in [5.41, 5.74) is 28.0. The Bertz CT molecular complexity index is 866. The van der Waals surface area contributed by atoms with Gasteiger partial charge in [0, 0.05) is 25.7 Å². The van der Waals surface area contributed by atoms with Crippen molar-refractivity contribution in [1.29, 1.82) is 0 Å². The summed E-state index contributed by atoms with van der Waals surface area (Å²) in [6.45, 7) is -0.961. The summed E-state index contributed by atoms with van der Waals surface area (Å²) in [4.78, 5) is 12.9. The summed E-state index contributed by atoms with van der Waals surface area (Å²) >= 11 is 0. The third-order valence-electron chi connectivity index (χ3n) is 8.29. The lowest BCUT2D eigenvalue weighted by Gasteiger charge is -2.54. The van der Waals surface area contributed by atoms with Crippen molar-refractivity contribution in [1.82, 2.24) is 10.6 Å². The monoisotopic (exact) mass is 625 g/mol. The van der Waals surface area contributed by atoms with E-state index in [1.165, 1.54) is 0 Å². The molecule has 1 saturated carbocycles. The van der Waals surface area contributed by atoms with Crippen molar-refractivity contribution in [2.75, 3.05) is 39.4 Å². The number of aliphatic hydroxyl groups excluding tert-OH is 5. The van der Waals surface area contributed by atoms with Gasteiger partial charge in [-0.2, -0.15) is 0 Å². The average molecular weight is 626 g/mol. The summed E-state index contributed by atoms with van der Waals surface area (Å²) < 4.78 is 24.0. The van der Waals surface area contributed by atoms with Crippen LogP contribution in [-0.4, -0.2) is 161 Å². The van der Waals surface area contributed by atoms with Gasteiger partial charge in [0.1, 0.15) is 42.2 Å². The standard InChI is InChI=1S/C25H51N7O11/c26-4-3-15(35)22(38)32-14-7-13(29)20(42-23-12(28)2-1-11(8-27)40-23)25(39,10-31-5-6-33)21(14)43-24-19(37)17(30)18(36)16(9-34)41-24/h11-21,23-24,31,33-37,39H,1-10,26-30H2,(H,32,38)/t11?,12?,13-,14+,15-,16?,17-,18-,19?,20?,21+,23-,24-,25?/m0/s1. The SMILES string of the molecule is NCC[C@H](O)C(=O)N[C@@H]1C[C@H](N)C(O[C@@H]2OC(CN)CCC2N)C(O)(CNCCO)[C@@H]1O[C@@H]1OC(CO)[C@H](O)[C@H](N)C1O. The van der Waals surface area contributed by atoms with Crippen molar-refractivity contribution in [3.05, 3.63) is 0 Å². The number of carbonyl (C=O) groups is 1. The molecule has 252 valence electrons. The average Bonchev–Trinajstić information content (AvgIpc) is 2.98. The minimum atomic E-state index is -2.12. The molecule has 2 heterocycles. The van der Waals surface area contributed by atoms with Crippen LogP contribution in [0.2, 0.25) is 0 Å². The highest BCUT2D eigenvalue weighted by Gasteiger charge is 2.59. The molecule has 3 aliphatic rings. The molecule has 2 aliphatic heterocycles. The van der Waals surface area contributed by atoms with Crippen molar-refractivity contribution in [2.45, 2.75) is 111 Å². The van der Waals surface area contributed by atoms with E-state index in [0.29, 0.717) is 12.8 Å². The number of hydrogen-bond donors (Lipinski definition) is 13. The molecule has 6 unspecified atom stereocenters. The zero-order valence-electron chi connectivity index (χ0n) is 24.2. The molecule has 18 N–H and O–H groups in total. The molecule has 2 saturated heterocycles. The molecule has 18 nitrogen and oxygen atoms in total. The zero-order valence-corrected chi connectivity index (χ0v) is 24.2. The van der Waals surface area contributed by atoms with Gasteiger partial charge in [-0.05, 0) is 32.2 Å². The van der Waals surface area contributed by atoms with Gasteiger partial charge in [-0.25, -0.2) is 0 Å². The van der Waals surface area contributed by atoms with Crippen LogP contribution in [0, 0.1) is 0 Å². The highest BCUT2D eigenvalue weighted by atomic mass is 16.7. The molecule has 1 aliphatic carbocycles. The largest absolute Gasteiger partial charge is 0.395 e. The number of amides is 1. The molecule has 0 aromatic carbocycles. The fourth-order valence-corrected chi connectivity index (χ4v) is 5.82. The highest BCUT2D eigenvalue weighted by molar-refractivity contribution is 5.80. The normalized spacial score (nSPS) is 42.9. The number of aliphatic hydroxyl groups is 6. The second-order valence-electron chi connectivity index (χ2n) is 11.5. The molecule has 3 fully saturated rings. The van der Waals surface area contributed by atoms with Crippen LogP contribution in [0.5, 0.6) is 0 Å². The van der Waals surface area contributed by atoms with E-state index in [1.54, 1.807) is 0 Å². The van der Waals surface area contributed by atoms with Crippen LogP contribution in [0.3, 0.4) is 0 Å². The van der Waals surface area contributed by atoms with Gasteiger partial charge >= 0.3 is 0 Å². The first-order valence-corrected chi connectivity index (χ1v) is 14.7. The fourth-order valence-electron chi connectivity index (χ4n) is 5.82. The Morgan fingerprint density at radius 3 is 2.33 bits per heavy atom. The number of carbonyl (C=O) groups excluding carboxylic acids is 1. The Labute approximate surface area is 250 Å². The van der Waals surface area contributed by atoms with Crippen molar-refractivity contribution in [2.24, 2.45) is 28.7 Å². The Morgan fingerprint density at radius 2 is 1.70 bits per heavy atom. The van der Waals surface area contributed by atoms with E-state index in [1.807, 2.05) is 0 Å². The predicted molar refractivity (Wildman–Crippen MR) is 150 cm³/mol. The Kier molecular flexibility index (Phi) is 13.9. The van der Waals surface area contributed by atoms with Crippen molar-refractivity contribution in [3.63, 3.8) is 0 Å². The van der Waals surface area contributed by atoms with Crippen LogP contribution in [0.25, 0.3) is 0 Å². The third kappa shape index (κ3) is 8.55. The Balaban J connectivity index is 2.00. The first-order chi connectivity index (χ1) is 20.4. The maximum Gasteiger partial charge on any atom is 0.249 e. The van der Waals surface area contributed by atoms with Crippen LogP contribution < -0.4 is 39.3 Å². The smallest absolute Gasteiger partial charge is 0.249 e. The maximum atomic E-state index is 12.9. The molecule has 3 rings (SSSR count). The summed E-state index contributed by atoms with van der Waals surface area (Å²) in [7, 11) is 0. The van der Waals surface area contributed by atoms with Gasteiger partial charge in [0.15, 0.2) is 12.6 Å². The lowest BCUT2D eigenvalue weighted by atomic mass is 9.73. The first-order valence-electron chi connectivity index (χ1n) is 14.7. The Morgan fingerprint density at radius 1 is 1.00 bits per heavy atom. The summed E-state index contributed by atoms with van der Waals surface area (Å²) in [6.07, 6.45) is -10.4. The van der Waals surface area contributed by atoms with Gasteiger partial charge in [-0.15, -0.1) is 0 Å². The van der Waals surface area contributed by atoms with E-state index < -0.39 is 91.5 Å². The number of nitrogens with one attached hydrogen (secondary N) is 2. The first kappa shape index (κ1) is 36.3. The van der Waals surface area contributed by atoms with E-state index in [9.17, 15) is 35.4 Å². The minimum absolute atomic E-state index is 0.0277. The summed E-state index contributed by atoms with van der Waals surface area (Å²) in [6, 6.07) is -3.94. The lowest BCUT2D eigenvalue weighted by molar-refractivity contribution is -0.332. The molecule has 0 radical (unpaired) electrons. The van der Waals surface area contributed by atoms with Crippen LogP contribution in [0.15, 0.2) is 0 Å². The quantitative estimate of drug-likeness (QED) is 0.0797. The van der Waals surface area contributed by atoms with E-state index in [2.05, 4.69) is 10.6 Å². The Hall–Kier alpha value is -1.17. The zero-order chi connectivity index (χ0) is 31.9. The van der Waals surface area contributed by atoms with E-state index in [4.69, 9.17) is 47.6 Å². The van der Waals surface area contributed by atoms with E-state index in [-0.39, 0.29) is 51.7 Å². The van der Waals surface area contributed by atoms with Gasteiger partial charge < -0.3 is 88.9 Å². The van der Waals surface area contributed by atoms with Crippen molar-refractivity contribution >= 4 is 5.91 Å². The molecule has 1 amide bonds. The molecule has 0 spiro atoms. The van der Waals surface area contributed by atoms with Crippen LogP contribution >= 0.6 is 0 Å². The second-order valence-corrected chi connectivity index (χ2v) is 11.5. The maximum absolute atomic E-state index is 12.9. The summed E-state index contributed by atoms with van der Waals surface area (Å²) in [5.74, 6) is -0.810. The topological polar surface area (TPSA) is 330 Å². The van der Waals surface area contributed by atoms with E-state index in [0.717, 1.165) is 0 Å². The number of hydrogen-bond acceptors (Lipinski definition) is 17. The molecule has 0 aromatic heterocycles. The van der Waals surface area contributed by atoms with Crippen LogP contribution in [-0.2, 0) is 23.7 Å². The van der Waals surface area contributed by atoms with Crippen LogP contribution in [0.4, 0.5) is 0 Å². The molecule has 0 aromatic rings. The lowest BCUT2D eigenvalue weighted by Crippen LogP contribution is -2.76.